The maximum absolute atomic E-state index is 13.6. The molecule has 1 aliphatic rings. The topological polar surface area (TPSA) is 54.4 Å². The number of hydrogen-bond acceptors (Lipinski definition) is 2. The molecule has 16 heavy (non-hydrogen) atoms. The lowest BCUT2D eigenvalue weighted by Gasteiger charge is -2.36. The maximum Gasteiger partial charge on any atom is 0.315 e. The first-order chi connectivity index (χ1) is 7.45. The number of benzene rings is 1. The number of aliphatic carboxylic acids is 1. The molecule has 0 heterocycles. The summed E-state index contributed by atoms with van der Waals surface area (Å²) in [5.41, 5.74) is -1.29. The van der Waals surface area contributed by atoms with E-state index in [9.17, 15) is 14.0 Å². The SMILES string of the molecule is O=C1CC(C(=O)O)(c2cc(Br)ccc2F)C1. The molecule has 0 atom stereocenters. The van der Waals surface area contributed by atoms with Gasteiger partial charge >= 0.3 is 5.97 Å². The monoisotopic (exact) mass is 286 g/mol. The molecule has 1 aliphatic carbocycles. The van der Waals surface area contributed by atoms with Crippen LogP contribution in [0.15, 0.2) is 22.7 Å². The van der Waals surface area contributed by atoms with Gasteiger partial charge in [-0.2, -0.15) is 0 Å². The lowest BCUT2D eigenvalue weighted by Crippen LogP contribution is -2.48. The highest BCUT2D eigenvalue weighted by molar-refractivity contribution is 9.10. The second-order valence-corrected chi connectivity index (χ2v) is 4.82. The van der Waals surface area contributed by atoms with Crippen LogP contribution in [0.25, 0.3) is 0 Å². The van der Waals surface area contributed by atoms with Crippen LogP contribution >= 0.6 is 15.9 Å². The predicted octanol–water partition coefficient (Wildman–Crippen LogP) is 2.27. The van der Waals surface area contributed by atoms with Gasteiger partial charge in [-0.15, -0.1) is 0 Å². The fourth-order valence-corrected chi connectivity index (χ4v) is 2.30. The Kier molecular flexibility index (Phi) is 2.58. The third kappa shape index (κ3) is 1.55. The van der Waals surface area contributed by atoms with Crippen molar-refractivity contribution in [1.29, 1.82) is 0 Å². The number of carboxylic acid groups (broad SMARTS) is 1. The Morgan fingerprint density at radius 1 is 1.44 bits per heavy atom. The lowest BCUT2D eigenvalue weighted by atomic mass is 9.63. The summed E-state index contributed by atoms with van der Waals surface area (Å²) in [7, 11) is 0. The van der Waals surface area contributed by atoms with E-state index in [-0.39, 0.29) is 24.2 Å². The van der Waals surface area contributed by atoms with Crippen molar-refractivity contribution >= 4 is 27.7 Å². The minimum atomic E-state index is -1.37. The van der Waals surface area contributed by atoms with E-state index >= 15 is 0 Å². The molecular weight excluding hydrogens is 279 g/mol. The Morgan fingerprint density at radius 3 is 2.56 bits per heavy atom. The van der Waals surface area contributed by atoms with Crippen LogP contribution in [0.3, 0.4) is 0 Å². The van der Waals surface area contributed by atoms with Gasteiger partial charge in [0.2, 0.25) is 0 Å². The molecule has 0 radical (unpaired) electrons. The van der Waals surface area contributed by atoms with Crippen molar-refractivity contribution in [2.45, 2.75) is 18.3 Å². The van der Waals surface area contributed by atoms with E-state index in [0.717, 1.165) is 0 Å². The number of ketones is 1. The average Bonchev–Trinajstić information content (AvgIpc) is 2.16. The fourth-order valence-electron chi connectivity index (χ4n) is 1.94. The number of carbonyl (C=O) groups is 2. The van der Waals surface area contributed by atoms with Gasteiger partial charge in [-0.05, 0) is 18.2 Å². The molecule has 0 saturated heterocycles. The van der Waals surface area contributed by atoms with E-state index in [2.05, 4.69) is 15.9 Å². The maximum atomic E-state index is 13.6. The van der Waals surface area contributed by atoms with Crippen molar-refractivity contribution in [2.24, 2.45) is 0 Å². The first-order valence-electron chi connectivity index (χ1n) is 4.66. The van der Waals surface area contributed by atoms with E-state index in [4.69, 9.17) is 5.11 Å². The van der Waals surface area contributed by atoms with Crippen LogP contribution in [0.1, 0.15) is 18.4 Å². The smallest absolute Gasteiger partial charge is 0.315 e. The molecule has 0 unspecified atom stereocenters. The molecule has 0 spiro atoms. The second kappa shape index (κ2) is 3.66. The Morgan fingerprint density at radius 2 is 2.06 bits per heavy atom. The normalized spacial score (nSPS) is 18.0. The Hall–Kier alpha value is -1.23. The van der Waals surface area contributed by atoms with Crippen LogP contribution in [0.2, 0.25) is 0 Å². The highest BCUT2D eigenvalue weighted by Crippen LogP contribution is 2.43. The summed E-state index contributed by atoms with van der Waals surface area (Å²) in [6.07, 6.45) is -0.259. The third-order valence-electron chi connectivity index (χ3n) is 2.85. The molecule has 0 bridgehead atoms. The molecule has 0 amide bonds. The van der Waals surface area contributed by atoms with E-state index in [1.54, 1.807) is 0 Å². The van der Waals surface area contributed by atoms with Crippen molar-refractivity contribution in [1.82, 2.24) is 0 Å². The van der Waals surface area contributed by atoms with Gasteiger partial charge in [-0.1, -0.05) is 15.9 Å². The standard InChI is InChI=1S/C11H8BrFO3/c12-6-1-2-9(13)8(3-6)11(10(15)16)4-7(14)5-11/h1-3H,4-5H2,(H,15,16). The number of hydrogen-bond donors (Lipinski definition) is 1. The highest BCUT2D eigenvalue weighted by Gasteiger charge is 2.52. The molecule has 1 aromatic carbocycles. The quantitative estimate of drug-likeness (QED) is 0.907. The van der Waals surface area contributed by atoms with Crippen molar-refractivity contribution in [3.63, 3.8) is 0 Å². The van der Waals surface area contributed by atoms with Gasteiger partial charge < -0.3 is 5.11 Å². The zero-order valence-corrected chi connectivity index (χ0v) is 9.75. The van der Waals surface area contributed by atoms with Crippen LogP contribution in [0, 0.1) is 5.82 Å². The van der Waals surface area contributed by atoms with Crippen LogP contribution < -0.4 is 0 Å². The molecule has 5 heteroatoms. The molecule has 1 fully saturated rings. The van der Waals surface area contributed by atoms with Gasteiger partial charge in [0.25, 0.3) is 0 Å². The summed E-state index contributed by atoms with van der Waals surface area (Å²) in [4.78, 5) is 22.2. The number of Topliss-reactive ketones (excluding diaryl/α,β-unsaturated/α-hetero) is 1. The molecule has 1 aromatic rings. The molecular formula is C11H8BrFO3. The van der Waals surface area contributed by atoms with E-state index in [1.807, 2.05) is 0 Å². The number of rotatable bonds is 2. The number of carboxylic acids is 1. The van der Waals surface area contributed by atoms with Gasteiger partial charge in [-0.3, -0.25) is 9.59 Å². The first kappa shape index (κ1) is 11.3. The summed E-state index contributed by atoms with van der Waals surface area (Å²) in [5.74, 6) is -1.89. The third-order valence-corrected chi connectivity index (χ3v) is 3.34. The molecule has 0 aromatic heterocycles. The summed E-state index contributed by atoms with van der Waals surface area (Å²) in [6.45, 7) is 0. The molecule has 2 rings (SSSR count). The molecule has 0 aliphatic heterocycles. The van der Waals surface area contributed by atoms with Crippen LogP contribution in [-0.4, -0.2) is 16.9 Å². The second-order valence-electron chi connectivity index (χ2n) is 3.90. The van der Waals surface area contributed by atoms with Gasteiger partial charge in [0.05, 0.1) is 0 Å². The van der Waals surface area contributed by atoms with Gasteiger partial charge in [-0.25, -0.2) is 4.39 Å². The van der Waals surface area contributed by atoms with Crippen molar-refractivity contribution in [2.75, 3.05) is 0 Å². The minimum Gasteiger partial charge on any atom is -0.481 e. The van der Waals surface area contributed by atoms with Gasteiger partial charge in [0.15, 0.2) is 0 Å². The Bertz CT molecular complexity index is 476. The zero-order chi connectivity index (χ0) is 11.9. The summed E-state index contributed by atoms with van der Waals surface area (Å²) >= 11 is 3.16. The van der Waals surface area contributed by atoms with Crippen molar-refractivity contribution in [3.05, 3.63) is 34.1 Å². The molecule has 1 saturated carbocycles. The van der Waals surface area contributed by atoms with Crippen LogP contribution in [0.5, 0.6) is 0 Å². The summed E-state index contributed by atoms with van der Waals surface area (Å²) in [5, 5.41) is 9.14. The van der Waals surface area contributed by atoms with E-state index in [1.165, 1.54) is 18.2 Å². The molecule has 1 N–H and O–H groups in total. The molecule has 3 nitrogen and oxygen atoms in total. The average molecular weight is 287 g/mol. The Balaban J connectivity index is 2.52. The lowest BCUT2D eigenvalue weighted by molar-refractivity contribution is -0.153. The Labute approximate surface area is 99.4 Å². The van der Waals surface area contributed by atoms with Crippen LogP contribution in [0.4, 0.5) is 4.39 Å². The fraction of sp³-hybridized carbons (Fsp3) is 0.273. The first-order valence-corrected chi connectivity index (χ1v) is 5.46. The van der Waals surface area contributed by atoms with Crippen LogP contribution in [-0.2, 0) is 15.0 Å². The zero-order valence-electron chi connectivity index (χ0n) is 8.17. The summed E-state index contributed by atoms with van der Waals surface area (Å²) < 4.78 is 14.2. The van der Waals surface area contributed by atoms with Gasteiger partial charge in [0.1, 0.15) is 17.0 Å². The minimum absolute atomic E-state index is 0.0778. The van der Waals surface area contributed by atoms with Crippen molar-refractivity contribution in [3.8, 4) is 0 Å². The number of carbonyl (C=O) groups excluding carboxylic acids is 1. The summed E-state index contributed by atoms with van der Waals surface area (Å²) in [6, 6.07) is 4.12. The van der Waals surface area contributed by atoms with Crippen molar-refractivity contribution < 1.29 is 19.1 Å². The highest BCUT2D eigenvalue weighted by atomic mass is 79.9. The largest absolute Gasteiger partial charge is 0.481 e. The number of halogens is 2. The molecule has 84 valence electrons. The predicted molar refractivity (Wildman–Crippen MR) is 57.7 cm³/mol. The van der Waals surface area contributed by atoms with Gasteiger partial charge in [0, 0.05) is 22.9 Å². The van der Waals surface area contributed by atoms with E-state index in [0.29, 0.717) is 4.47 Å². The van der Waals surface area contributed by atoms with E-state index < -0.39 is 17.2 Å².